The summed E-state index contributed by atoms with van der Waals surface area (Å²) in [6.45, 7) is 14.5. The average Bonchev–Trinajstić information content (AvgIpc) is 1.97. The zero-order valence-electron chi connectivity index (χ0n) is 11.6. The summed E-state index contributed by atoms with van der Waals surface area (Å²) in [5, 5.41) is 3.31. The molecule has 96 valence electrons. The molecule has 1 aliphatic rings. The van der Waals surface area contributed by atoms with Crippen molar-refractivity contribution in [3.05, 3.63) is 0 Å². The normalized spacial score (nSPS) is 37.5. The maximum absolute atomic E-state index is 13.9. The molecule has 0 saturated carbocycles. The summed E-state index contributed by atoms with van der Waals surface area (Å²) in [5.74, 6) is -1.56. The minimum atomic E-state index is -1.56. The average molecular weight is 231 g/mol. The van der Waals surface area contributed by atoms with Crippen LogP contribution in [0, 0.1) is 10.8 Å². The first kappa shape index (κ1) is 13.9. The molecular formula is C13H26FNO. The number of alkyl halides is 1. The Balaban J connectivity index is 2.94. The third-order valence-electron chi connectivity index (χ3n) is 3.10. The van der Waals surface area contributed by atoms with E-state index in [9.17, 15) is 4.39 Å². The van der Waals surface area contributed by atoms with Crippen LogP contribution in [0.5, 0.6) is 0 Å². The summed E-state index contributed by atoms with van der Waals surface area (Å²) >= 11 is 0. The first-order valence-electron chi connectivity index (χ1n) is 6.04. The van der Waals surface area contributed by atoms with Crippen LogP contribution in [0.3, 0.4) is 0 Å². The van der Waals surface area contributed by atoms with Crippen molar-refractivity contribution in [3.63, 3.8) is 0 Å². The summed E-state index contributed by atoms with van der Waals surface area (Å²) in [7, 11) is 0. The molecule has 1 aliphatic heterocycles. The SMILES string of the molecule is CC1(F)CNC(C(C)(C)C)C(C(C)(C)C)O1. The first-order valence-corrected chi connectivity index (χ1v) is 6.04. The Bertz CT molecular complexity index is 250. The molecule has 0 aromatic carbocycles. The predicted molar refractivity (Wildman–Crippen MR) is 65.1 cm³/mol. The number of nitrogens with one attached hydrogen (secondary N) is 1. The van der Waals surface area contributed by atoms with E-state index in [1.807, 2.05) is 0 Å². The highest BCUT2D eigenvalue weighted by molar-refractivity contribution is 4.98. The van der Waals surface area contributed by atoms with Gasteiger partial charge in [0.25, 0.3) is 0 Å². The summed E-state index contributed by atoms with van der Waals surface area (Å²) < 4.78 is 19.6. The topological polar surface area (TPSA) is 21.3 Å². The Morgan fingerprint density at radius 3 is 2.00 bits per heavy atom. The highest BCUT2D eigenvalue weighted by Crippen LogP contribution is 2.38. The summed E-state index contributed by atoms with van der Waals surface area (Å²) in [6, 6.07) is 0.177. The van der Waals surface area contributed by atoms with Gasteiger partial charge in [0.15, 0.2) is 0 Å². The Morgan fingerprint density at radius 1 is 1.12 bits per heavy atom. The number of hydrogen-bond acceptors (Lipinski definition) is 2. The minimum absolute atomic E-state index is 0.0639. The van der Waals surface area contributed by atoms with Crippen LogP contribution in [-0.4, -0.2) is 24.5 Å². The van der Waals surface area contributed by atoms with Gasteiger partial charge in [0.1, 0.15) is 0 Å². The molecule has 3 atom stereocenters. The summed E-state index contributed by atoms with van der Waals surface area (Å²) in [4.78, 5) is 0. The number of ether oxygens (including phenoxy) is 1. The lowest BCUT2D eigenvalue weighted by molar-refractivity contribution is -0.233. The van der Waals surface area contributed by atoms with Crippen LogP contribution in [0.15, 0.2) is 0 Å². The van der Waals surface area contributed by atoms with Crippen LogP contribution in [-0.2, 0) is 4.74 Å². The minimum Gasteiger partial charge on any atom is -0.339 e. The van der Waals surface area contributed by atoms with Gasteiger partial charge >= 0.3 is 0 Å². The van der Waals surface area contributed by atoms with Crippen molar-refractivity contribution in [3.8, 4) is 0 Å². The number of morpholine rings is 1. The quantitative estimate of drug-likeness (QED) is 0.691. The van der Waals surface area contributed by atoms with Gasteiger partial charge in [-0.3, -0.25) is 0 Å². The molecule has 16 heavy (non-hydrogen) atoms. The lowest BCUT2D eigenvalue weighted by Crippen LogP contribution is -2.64. The van der Waals surface area contributed by atoms with Crippen LogP contribution in [0.2, 0.25) is 0 Å². The fraction of sp³-hybridized carbons (Fsp3) is 1.00. The molecule has 1 heterocycles. The Labute approximate surface area is 98.9 Å². The molecule has 0 spiro atoms. The van der Waals surface area contributed by atoms with Crippen molar-refractivity contribution in [1.82, 2.24) is 5.32 Å². The second-order valence-corrected chi connectivity index (χ2v) is 7.23. The lowest BCUT2D eigenvalue weighted by atomic mass is 9.73. The summed E-state index contributed by atoms with van der Waals surface area (Å²) in [6.07, 6.45) is -0.115. The Morgan fingerprint density at radius 2 is 1.62 bits per heavy atom. The zero-order valence-corrected chi connectivity index (χ0v) is 11.6. The monoisotopic (exact) mass is 231 g/mol. The van der Waals surface area contributed by atoms with Crippen LogP contribution in [0.1, 0.15) is 48.5 Å². The zero-order chi connectivity index (χ0) is 12.8. The first-order chi connectivity index (χ1) is 6.93. The smallest absolute Gasteiger partial charge is 0.219 e. The molecule has 1 fully saturated rings. The van der Waals surface area contributed by atoms with Crippen LogP contribution >= 0.6 is 0 Å². The van der Waals surface area contributed by atoms with Gasteiger partial charge in [0.2, 0.25) is 5.85 Å². The van der Waals surface area contributed by atoms with Crippen LogP contribution in [0.25, 0.3) is 0 Å². The van der Waals surface area contributed by atoms with Crippen molar-refractivity contribution >= 4 is 0 Å². The second kappa shape index (κ2) is 3.95. The van der Waals surface area contributed by atoms with Gasteiger partial charge in [-0.25, -0.2) is 4.39 Å². The molecule has 1 N–H and O–H groups in total. The highest BCUT2D eigenvalue weighted by Gasteiger charge is 2.47. The number of halogens is 1. The van der Waals surface area contributed by atoms with Gasteiger partial charge in [-0.15, -0.1) is 0 Å². The van der Waals surface area contributed by atoms with Crippen molar-refractivity contribution in [2.75, 3.05) is 6.54 Å². The molecular weight excluding hydrogens is 205 g/mol. The van der Waals surface area contributed by atoms with Gasteiger partial charge in [-0.2, -0.15) is 0 Å². The van der Waals surface area contributed by atoms with E-state index in [-0.39, 0.29) is 29.5 Å². The molecule has 1 saturated heterocycles. The maximum Gasteiger partial charge on any atom is 0.219 e. The van der Waals surface area contributed by atoms with E-state index in [4.69, 9.17) is 4.74 Å². The number of hydrogen-bond donors (Lipinski definition) is 1. The fourth-order valence-corrected chi connectivity index (χ4v) is 2.21. The largest absolute Gasteiger partial charge is 0.339 e. The van der Waals surface area contributed by atoms with E-state index in [2.05, 4.69) is 46.9 Å². The molecule has 0 aromatic heterocycles. The van der Waals surface area contributed by atoms with Gasteiger partial charge in [-0.1, -0.05) is 41.5 Å². The van der Waals surface area contributed by atoms with Gasteiger partial charge in [-0.05, 0) is 17.8 Å². The third-order valence-corrected chi connectivity index (χ3v) is 3.10. The molecule has 2 nitrogen and oxygen atoms in total. The van der Waals surface area contributed by atoms with Crippen LogP contribution in [0.4, 0.5) is 4.39 Å². The van der Waals surface area contributed by atoms with Crippen molar-refractivity contribution in [2.24, 2.45) is 10.8 Å². The Hall–Kier alpha value is -0.150. The molecule has 0 amide bonds. The van der Waals surface area contributed by atoms with Gasteiger partial charge < -0.3 is 10.1 Å². The number of rotatable bonds is 0. The van der Waals surface area contributed by atoms with E-state index in [1.54, 1.807) is 0 Å². The van der Waals surface area contributed by atoms with Crippen molar-refractivity contribution < 1.29 is 9.13 Å². The van der Waals surface area contributed by atoms with E-state index in [1.165, 1.54) is 6.92 Å². The maximum atomic E-state index is 13.9. The van der Waals surface area contributed by atoms with Crippen molar-refractivity contribution in [2.45, 2.75) is 66.5 Å². The second-order valence-electron chi connectivity index (χ2n) is 7.23. The lowest BCUT2D eigenvalue weighted by Gasteiger charge is -2.50. The van der Waals surface area contributed by atoms with Gasteiger partial charge in [0, 0.05) is 6.04 Å². The molecule has 0 aliphatic carbocycles. The predicted octanol–water partition coefficient (Wildman–Crippen LogP) is 3.12. The molecule has 0 bridgehead atoms. The Kier molecular flexibility index (Phi) is 3.44. The fourth-order valence-electron chi connectivity index (χ4n) is 2.21. The van der Waals surface area contributed by atoms with E-state index >= 15 is 0 Å². The highest BCUT2D eigenvalue weighted by atomic mass is 19.2. The van der Waals surface area contributed by atoms with E-state index in [0.29, 0.717) is 0 Å². The van der Waals surface area contributed by atoms with E-state index in [0.717, 1.165) is 0 Å². The van der Waals surface area contributed by atoms with E-state index < -0.39 is 5.85 Å². The third kappa shape index (κ3) is 3.17. The van der Waals surface area contributed by atoms with Crippen LogP contribution < -0.4 is 5.32 Å². The molecule has 0 aromatic rings. The molecule has 1 rings (SSSR count). The van der Waals surface area contributed by atoms with Crippen molar-refractivity contribution in [1.29, 1.82) is 0 Å². The summed E-state index contributed by atoms with van der Waals surface area (Å²) in [5.41, 5.74) is -0.00678. The molecule has 0 radical (unpaired) electrons. The molecule has 3 heteroatoms. The van der Waals surface area contributed by atoms with Gasteiger partial charge in [0.05, 0.1) is 12.6 Å². The molecule has 3 unspecified atom stereocenters. The standard InChI is InChI=1S/C13H26FNO/c1-11(2,3)9-10(12(4,5)6)16-13(7,14)8-15-9/h9-10,15H,8H2,1-7H3.